The molecular weight excluding hydrogens is 320 g/mol. The molecule has 5 nitrogen and oxygen atoms in total. The minimum atomic E-state index is -0.784. The number of benzene rings is 2. The third-order valence-electron chi connectivity index (χ3n) is 3.29. The summed E-state index contributed by atoms with van der Waals surface area (Å²) in [6, 6.07) is 7.35. The van der Waals surface area contributed by atoms with E-state index in [1.807, 2.05) is 0 Å². The SMILES string of the molecule is COC(=O)c1ncc2ccc(Oc3cc(F)cc(F)c3)cc2c1O. The first kappa shape index (κ1) is 15.7. The van der Waals surface area contributed by atoms with Crippen LogP contribution in [-0.4, -0.2) is 23.2 Å². The normalized spacial score (nSPS) is 10.6. The van der Waals surface area contributed by atoms with Gasteiger partial charge in [-0.05, 0) is 18.2 Å². The van der Waals surface area contributed by atoms with Gasteiger partial charge < -0.3 is 14.6 Å². The largest absolute Gasteiger partial charge is 0.505 e. The Morgan fingerprint density at radius 3 is 2.46 bits per heavy atom. The number of rotatable bonds is 3. The Morgan fingerprint density at radius 1 is 1.08 bits per heavy atom. The molecular formula is C17H11F2NO4. The van der Waals surface area contributed by atoms with Crippen LogP contribution >= 0.6 is 0 Å². The van der Waals surface area contributed by atoms with Crippen LogP contribution in [0.4, 0.5) is 8.78 Å². The summed E-state index contributed by atoms with van der Waals surface area (Å²) in [5.41, 5.74) is -0.237. The van der Waals surface area contributed by atoms with E-state index in [2.05, 4.69) is 9.72 Å². The van der Waals surface area contributed by atoms with Crippen LogP contribution < -0.4 is 4.74 Å². The van der Waals surface area contributed by atoms with Crippen LogP contribution in [0.25, 0.3) is 10.8 Å². The third kappa shape index (κ3) is 2.96. The average molecular weight is 331 g/mol. The van der Waals surface area contributed by atoms with Crippen LogP contribution in [0.2, 0.25) is 0 Å². The molecule has 0 aliphatic carbocycles. The molecule has 0 unspecified atom stereocenters. The molecule has 1 N–H and O–H groups in total. The van der Waals surface area contributed by atoms with E-state index in [0.29, 0.717) is 10.8 Å². The highest BCUT2D eigenvalue weighted by Crippen LogP contribution is 2.32. The quantitative estimate of drug-likeness (QED) is 0.739. The highest BCUT2D eigenvalue weighted by molar-refractivity contribution is 5.99. The third-order valence-corrected chi connectivity index (χ3v) is 3.29. The van der Waals surface area contributed by atoms with Crippen molar-refractivity contribution in [1.29, 1.82) is 0 Å². The van der Waals surface area contributed by atoms with Gasteiger partial charge in [0.15, 0.2) is 11.4 Å². The second kappa shape index (κ2) is 6.11. The van der Waals surface area contributed by atoms with Crippen molar-refractivity contribution in [2.24, 2.45) is 0 Å². The Labute approximate surface area is 135 Å². The Balaban J connectivity index is 2.03. The van der Waals surface area contributed by atoms with E-state index in [1.54, 1.807) is 12.1 Å². The van der Waals surface area contributed by atoms with Crippen molar-refractivity contribution in [2.45, 2.75) is 0 Å². The zero-order valence-electron chi connectivity index (χ0n) is 12.4. The van der Waals surface area contributed by atoms with Gasteiger partial charge in [0.05, 0.1) is 7.11 Å². The van der Waals surface area contributed by atoms with E-state index < -0.39 is 17.6 Å². The second-order valence-corrected chi connectivity index (χ2v) is 4.90. The van der Waals surface area contributed by atoms with Gasteiger partial charge in [-0.1, -0.05) is 0 Å². The first-order valence-corrected chi connectivity index (χ1v) is 6.82. The van der Waals surface area contributed by atoms with E-state index in [1.165, 1.54) is 19.4 Å². The predicted octanol–water partition coefficient (Wildman–Crippen LogP) is 3.80. The van der Waals surface area contributed by atoms with Crippen LogP contribution in [0.5, 0.6) is 17.2 Å². The maximum absolute atomic E-state index is 13.2. The fraction of sp³-hybridized carbons (Fsp3) is 0.0588. The fourth-order valence-corrected chi connectivity index (χ4v) is 2.21. The van der Waals surface area contributed by atoms with Crippen molar-refractivity contribution in [3.8, 4) is 17.2 Å². The topological polar surface area (TPSA) is 68.7 Å². The lowest BCUT2D eigenvalue weighted by molar-refractivity contribution is 0.0591. The van der Waals surface area contributed by atoms with Gasteiger partial charge in [-0.15, -0.1) is 0 Å². The van der Waals surface area contributed by atoms with Crippen molar-refractivity contribution in [1.82, 2.24) is 4.98 Å². The smallest absolute Gasteiger partial charge is 0.360 e. The molecule has 122 valence electrons. The van der Waals surface area contributed by atoms with Crippen LogP contribution in [0.3, 0.4) is 0 Å². The molecule has 0 bridgehead atoms. The molecule has 0 amide bonds. The van der Waals surface area contributed by atoms with Crippen LogP contribution in [0, 0.1) is 11.6 Å². The Hall–Kier alpha value is -3.22. The number of esters is 1. The molecule has 0 spiro atoms. The van der Waals surface area contributed by atoms with E-state index in [0.717, 1.165) is 18.2 Å². The Morgan fingerprint density at radius 2 is 1.79 bits per heavy atom. The van der Waals surface area contributed by atoms with Gasteiger partial charge in [0.25, 0.3) is 0 Å². The number of hydrogen-bond acceptors (Lipinski definition) is 5. The first-order chi connectivity index (χ1) is 11.5. The van der Waals surface area contributed by atoms with Crippen molar-refractivity contribution in [3.05, 3.63) is 59.9 Å². The molecule has 3 rings (SSSR count). The molecule has 0 saturated heterocycles. The number of pyridine rings is 1. The number of hydrogen-bond donors (Lipinski definition) is 1. The number of aromatic nitrogens is 1. The molecule has 0 aliphatic rings. The summed E-state index contributed by atoms with van der Waals surface area (Å²) >= 11 is 0. The molecule has 7 heteroatoms. The summed E-state index contributed by atoms with van der Waals surface area (Å²) in [6.45, 7) is 0. The molecule has 0 saturated carbocycles. The summed E-state index contributed by atoms with van der Waals surface area (Å²) in [5, 5.41) is 11.0. The Kier molecular flexibility index (Phi) is 3.99. The summed E-state index contributed by atoms with van der Waals surface area (Å²) in [7, 11) is 1.17. The maximum Gasteiger partial charge on any atom is 0.360 e. The lowest BCUT2D eigenvalue weighted by Crippen LogP contribution is -2.04. The maximum atomic E-state index is 13.2. The van der Waals surface area contributed by atoms with Crippen molar-refractivity contribution < 1.29 is 28.2 Å². The number of nitrogens with zero attached hydrogens (tertiary/aromatic N) is 1. The summed E-state index contributed by atoms with van der Waals surface area (Å²) < 4.78 is 36.4. The zero-order valence-corrected chi connectivity index (χ0v) is 12.4. The zero-order chi connectivity index (χ0) is 17.3. The highest BCUT2D eigenvalue weighted by atomic mass is 19.1. The minimum absolute atomic E-state index is 0.0337. The number of halogens is 2. The molecule has 0 atom stereocenters. The van der Waals surface area contributed by atoms with Crippen LogP contribution in [0.15, 0.2) is 42.6 Å². The second-order valence-electron chi connectivity index (χ2n) is 4.90. The van der Waals surface area contributed by atoms with Crippen LogP contribution in [-0.2, 0) is 4.74 Å². The van der Waals surface area contributed by atoms with E-state index >= 15 is 0 Å². The lowest BCUT2D eigenvalue weighted by Gasteiger charge is -2.09. The summed E-state index contributed by atoms with van der Waals surface area (Å²) in [6.07, 6.45) is 1.40. The Bertz CT molecular complexity index is 923. The minimum Gasteiger partial charge on any atom is -0.505 e. The van der Waals surface area contributed by atoms with Gasteiger partial charge in [-0.3, -0.25) is 0 Å². The van der Waals surface area contributed by atoms with Crippen molar-refractivity contribution in [2.75, 3.05) is 7.11 Å². The van der Waals surface area contributed by atoms with Gasteiger partial charge in [-0.2, -0.15) is 0 Å². The number of carbonyl (C=O) groups excluding carboxylic acids is 1. The van der Waals surface area contributed by atoms with Gasteiger partial charge in [0.2, 0.25) is 0 Å². The molecule has 3 aromatic rings. The van der Waals surface area contributed by atoms with Crippen molar-refractivity contribution in [3.63, 3.8) is 0 Å². The molecule has 24 heavy (non-hydrogen) atoms. The van der Waals surface area contributed by atoms with E-state index in [9.17, 15) is 18.7 Å². The van der Waals surface area contributed by atoms with Gasteiger partial charge in [0, 0.05) is 35.2 Å². The molecule has 0 radical (unpaired) electrons. The summed E-state index contributed by atoms with van der Waals surface area (Å²) in [5.74, 6) is -2.50. The molecule has 1 heterocycles. The van der Waals surface area contributed by atoms with E-state index in [-0.39, 0.29) is 22.9 Å². The number of fused-ring (bicyclic) bond motifs is 1. The first-order valence-electron chi connectivity index (χ1n) is 6.82. The average Bonchev–Trinajstić information content (AvgIpc) is 2.54. The highest BCUT2D eigenvalue weighted by Gasteiger charge is 2.16. The number of aromatic hydroxyl groups is 1. The lowest BCUT2D eigenvalue weighted by atomic mass is 10.1. The molecule has 1 aromatic heterocycles. The predicted molar refractivity (Wildman–Crippen MR) is 81.2 cm³/mol. The standard InChI is InChI=1S/C17H11F2NO4/c1-23-17(22)15-16(21)14-7-12(3-2-9(14)8-20-15)24-13-5-10(18)4-11(19)6-13/h2-8,21H,1H3. The van der Waals surface area contributed by atoms with E-state index in [4.69, 9.17) is 4.74 Å². The van der Waals surface area contributed by atoms with Crippen molar-refractivity contribution >= 4 is 16.7 Å². The van der Waals surface area contributed by atoms with Gasteiger partial charge in [0.1, 0.15) is 23.1 Å². The number of methoxy groups -OCH3 is 1. The number of carbonyl (C=O) groups is 1. The summed E-state index contributed by atoms with van der Waals surface area (Å²) in [4.78, 5) is 15.4. The molecule has 0 aliphatic heterocycles. The fourth-order valence-electron chi connectivity index (χ4n) is 2.21. The molecule has 2 aromatic carbocycles. The monoisotopic (exact) mass is 331 g/mol. The van der Waals surface area contributed by atoms with Gasteiger partial charge in [-0.25, -0.2) is 18.6 Å². The number of ether oxygens (including phenoxy) is 2. The van der Waals surface area contributed by atoms with Gasteiger partial charge >= 0.3 is 5.97 Å². The molecule has 0 fully saturated rings. The van der Waals surface area contributed by atoms with Crippen LogP contribution in [0.1, 0.15) is 10.5 Å².